The van der Waals surface area contributed by atoms with Gasteiger partial charge in [-0.15, -0.1) is 11.3 Å². The van der Waals surface area contributed by atoms with Crippen LogP contribution >= 0.6 is 27.3 Å². The highest BCUT2D eigenvalue weighted by molar-refractivity contribution is 9.10. The Hall–Kier alpha value is -1.73. The van der Waals surface area contributed by atoms with Crippen molar-refractivity contribution in [3.63, 3.8) is 0 Å². The number of halogens is 1. The van der Waals surface area contributed by atoms with Crippen molar-refractivity contribution >= 4 is 44.1 Å². The zero-order valence-electron chi connectivity index (χ0n) is 15.0. The minimum absolute atomic E-state index is 0.275. The van der Waals surface area contributed by atoms with Gasteiger partial charge >= 0.3 is 5.97 Å². The number of rotatable bonds is 3. The molecule has 0 saturated heterocycles. The molecule has 1 amide bonds. The van der Waals surface area contributed by atoms with Crippen molar-refractivity contribution < 1.29 is 14.3 Å². The lowest BCUT2D eigenvalue weighted by atomic mass is 9.95. The molecule has 3 rings (SSSR count). The molecule has 0 aliphatic heterocycles. The van der Waals surface area contributed by atoms with Crippen LogP contribution < -0.4 is 5.32 Å². The van der Waals surface area contributed by atoms with E-state index in [-0.39, 0.29) is 11.9 Å². The fourth-order valence-corrected chi connectivity index (χ4v) is 4.63. The van der Waals surface area contributed by atoms with E-state index in [0.717, 1.165) is 31.2 Å². The summed E-state index contributed by atoms with van der Waals surface area (Å²) < 4.78 is 6.21. The summed E-state index contributed by atoms with van der Waals surface area (Å²) in [6, 6.07) is 1.64. The largest absolute Gasteiger partial charge is 0.456 e. The van der Waals surface area contributed by atoms with Gasteiger partial charge in [0.2, 0.25) is 0 Å². The number of anilines is 1. The normalized spacial score (nSPS) is 13.8. The average Bonchev–Trinajstić information content (AvgIpc) is 2.91. The Morgan fingerprint density at radius 1 is 1.27 bits per heavy atom. The molecule has 2 heterocycles. The molecule has 0 fully saturated rings. The van der Waals surface area contributed by atoms with Gasteiger partial charge in [-0.2, -0.15) is 0 Å². The first-order valence-electron chi connectivity index (χ1n) is 8.55. The lowest BCUT2D eigenvalue weighted by molar-refractivity contribution is 0.00699. The number of thiophene rings is 1. The van der Waals surface area contributed by atoms with Crippen molar-refractivity contribution in [1.82, 2.24) is 4.98 Å². The molecule has 138 valence electrons. The fraction of sp³-hybridized carbons (Fsp3) is 0.421. The second kappa shape index (κ2) is 7.48. The minimum atomic E-state index is -0.587. The summed E-state index contributed by atoms with van der Waals surface area (Å²) in [5.41, 5.74) is 1.43. The van der Waals surface area contributed by atoms with Crippen LogP contribution in [0.2, 0.25) is 0 Å². The molecular weight excluding hydrogens is 416 g/mol. The first-order valence-corrected chi connectivity index (χ1v) is 10.2. The first kappa shape index (κ1) is 19.0. The van der Waals surface area contributed by atoms with Gasteiger partial charge in [0, 0.05) is 21.7 Å². The van der Waals surface area contributed by atoms with E-state index < -0.39 is 5.60 Å². The third-order valence-corrected chi connectivity index (χ3v) is 5.86. The quantitative estimate of drug-likeness (QED) is 0.687. The highest BCUT2D eigenvalue weighted by Crippen LogP contribution is 2.39. The summed E-state index contributed by atoms with van der Waals surface area (Å²) >= 11 is 4.82. The first-order chi connectivity index (χ1) is 12.3. The maximum atomic E-state index is 12.8. The number of nitrogens with one attached hydrogen (secondary N) is 1. The number of aryl methyl sites for hydroxylation is 1. The summed E-state index contributed by atoms with van der Waals surface area (Å²) in [5, 5.41) is 3.48. The van der Waals surface area contributed by atoms with Gasteiger partial charge < -0.3 is 10.1 Å². The molecule has 5 nitrogen and oxygen atoms in total. The van der Waals surface area contributed by atoms with Gasteiger partial charge in [-0.1, -0.05) is 0 Å². The van der Waals surface area contributed by atoms with Crippen molar-refractivity contribution in [2.24, 2.45) is 0 Å². The van der Waals surface area contributed by atoms with Gasteiger partial charge in [0.05, 0.1) is 11.1 Å². The third-order valence-electron chi connectivity index (χ3n) is 4.02. The Morgan fingerprint density at radius 2 is 2.00 bits per heavy atom. The number of ether oxygens (including phenoxy) is 1. The third kappa shape index (κ3) is 4.15. The summed E-state index contributed by atoms with van der Waals surface area (Å²) in [4.78, 5) is 30.6. The number of hydrogen-bond acceptors (Lipinski definition) is 5. The maximum absolute atomic E-state index is 12.8. The van der Waals surface area contributed by atoms with Gasteiger partial charge in [0.15, 0.2) is 0 Å². The summed E-state index contributed by atoms with van der Waals surface area (Å²) in [5.74, 6) is -0.649. The summed E-state index contributed by atoms with van der Waals surface area (Å²) in [6.45, 7) is 5.53. The predicted octanol–water partition coefficient (Wildman–Crippen LogP) is 4.99. The Bertz CT molecular complexity index is 855. The van der Waals surface area contributed by atoms with E-state index in [1.165, 1.54) is 16.2 Å². The number of pyridine rings is 1. The number of carbonyl (C=O) groups excluding carboxylic acids is 2. The second-order valence-electron chi connectivity index (χ2n) is 7.23. The van der Waals surface area contributed by atoms with Crippen LogP contribution in [0.15, 0.2) is 22.9 Å². The monoisotopic (exact) mass is 436 g/mol. The van der Waals surface area contributed by atoms with E-state index in [1.807, 2.05) is 20.8 Å². The lowest BCUT2D eigenvalue weighted by Gasteiger charge is -2.21. The van der Waals surface area contributed by atoms with Crippen molar-refractivity contribution in [3.8, 4) is 0 Å². The summed E-state index contributed by atoms with van der Waals surface area (Å²) in [7, 11) is 0. The number of fused-ring (bicyclic) bond motifs is 1. The highest BCUT2D eigenvalue weighted by Gasteiger charge is 2.30. The average molecular weight is 437 g/mol. The second-order valence-corrected chi connectivity index (χ2v) is 9.19. The fourth-order valence-electron chi connectivity index (χ4n) is 2.93. The Labute approximate surface area is 165 Å². The number of hydrogen-bond donors (Lipinski definition) is 1. The number of esters is 1. The van der Waals surface area contributed by atoms with Crippen LogP contribution in [0.4, 0.5) is 5.00 Å². The van der Waals surface area contributed by atoms with E-state index in [1.54, 1.807) is 18.5 Å². The number of amides is 1. The Balaban J connectivity index is 1.96. The van der Waals surface area contributed by atoms with Crippen LogP contribution in [-0.4, -0.2) is 22.5 Å². The molecule has 1 N–H and O–H groups in total. The van der Waals surface area contributed by atoms with Gasteiger partial charge in [0.25, 0.3) is 5.91 Å². The molecule has 26 heavy (non-hydrogen) atoms. The zero-order chi connectivity index (χ0) is 18.9. The highest BCUT2D eigenvalue weighted by atomic mass is 79.9. The number of carbonyl (C=O) groups is 2. The van der Waals surface area contributed by atoms with E-state index in [9.17, 15) is 9.59 Å². The molecule has 0 aromatic carbocycles. The molecule has 2 aromatic rings. The predicted molar refractivity (Wildman–Crippen MR) is 106 cm³/mol. The van der Waals surface area contributed by atoms with Crippen molar-refractivity contribution in [2.45, 2.75) is 52.1 Å². The van der Waals surface area contributed by atoms with E-state index >= 15 is 0 Å². The Kier molecular flexibility index (Phi) is 5.48. The van der Waals surface area contributed by atoms with Crippen LogP contribution in [-0.2, 0) is 17.6 Å². The van der Waals surface area contributed by atoms with Gasteiger partial charge in [0.1, 0.15) is 10.6 Å². The van der Waals surface area contributed by atoms with E-state index in [2.05, 4.69) is 26.2 Å². The van der Waals surface area contributed by atoms with Crippen LogP contribution in [0.5, 0.6) is 0 Å². The molecule has 0 radical (unpaired) electrons. The number of aromatic nitrogens is 1. The lowest BCUT2D eigenvalue weighted by Crippen LogP contribution is -2.25. The molecule has 0 atom stereocenters. The van der Waals surface area contributed by atoms with E-state index in [0.29, 0.717) is 20.6 Å². The van der Waals surface area contributed by atoms with E-state index in [4.69, 9.17) is 4.74 Å². The molecular formula is C19H21BrN2O3S. The number of nitrogens with zero attached hydrogens (tertiary/aromatic N) is 1. The molecule has 0 bridgehead atoms. The smallest absolute Gasteiger partial charge is 0.341 e. The van der Waals surface area contributed by atoms with Crippen LogP contribution in [0, 0.1) is 0 Å². The zero-order valence-corrected chi connectivity index (χ0v) is 17.4. The van der Waals surface area contributed by atoms with Crippen LogP contribution in [0.3, 0.4) is 0 Å². The van der Waals surface area contributed by atoms with Crippen molar-refractivity contribution in [3.05, 3.63) is 44.5 Å². The SMILES string of the molecule is CC(C)(C)OC(=O)c1c(NC(=O)c2ccncc2Br)sc2c1CCCC2. The molecule has 7 heteroatoms. The minimum Gasteiger partial charge on any atom is -0.456 e. The van der Waals surface area contributed by atoms with Crippen molar-refractivity contribution in [2.75, 3.05) is 5.32 Å². The standard InChI is InChI=1S/C19H21BrN2O3S/c1-19(2,3)25-18(24)15-12-6-4-5-7-14(12)26-17(15)22-16(23)11-8-9-21-10-13(11)20/h8-10H,4-7H2,1-3H3,(H,22,23). The molecule has 1 aliphatic rings. The van der Waals surface area contributed by atoms with Crippen molar-refractivity contribution in [1.29, 1.82) is 0 Å². The topological polar surface area (TPSA) is 68.3 Å². The van der Waals surface area contributed by atoms with Gasteiger partial charge in [-0.05, 0) is 74.0 Å². The van der Waals surface area contributed by atoms with Gasteiger partial charge in [-0.25, -0.2) is 4.79 Å². The summed E-state index contributed by atoms with van der Waals surface area (Å²) in [6.07, 6.45) is 7.06. The van der Waals surface area contributed by atoms with Crippen LogP contribution in [0.1, 0.15) is 64.8 Å². The molecule has 1 aliphatic carbocycles. The van der Waals surface area contributed by atoms with Crippen LogP contribution in [0.25, 0.3) is 0 Å². The Morgan fingerprint density at radius 3 is 2.69 bits per heavy atom. The molecule has 0 spiro atoms. The molecule has 0 unspecified atom stereocenters. The molecule has 0 saturated carbocycles. The molecule has 2 aromatic heterocycles. The maximum Gasteiger partial charge on any atom is 0.341 e. The van der Waals surface area contributed by atoms with Gasteiger partial charge in [-0.3, -0.25) is 9.78 Å².